The molecule has 1 aromatic heterocycles. The van der Waals surface area contributed by atoms with E-state index >= 15 is 0 Å². The molecule has 7 heteroatoms. The molecule has 0 aliphatic carbocycles. The molecule has 0 unspecified atom stereocenters. The molecule has 1 amide bonds. The Bertz CT molecular complexity index is 470. The number of hydrogen-bond donors (Lipinski definition) is 1. The molecule has 0 aromatic carbocycles. The summed E-state index contributed by atoms with van der Waals surface area (Å²) in [5, 5.41) is 0. The number of nitrogen functional groups attached to an aromatic ring is 1. The standard InChI is InChI=1S/C13H21N3O4/c1-15-9-10(14)8-11(15)13(18)16(6-7-19-2)5-4-12(17)20-3/h8-9H,4-7,14H2,1-3H3. The van der Waals surface area contributed by atoms with E-state index in [0.717, 1.165) is 0 Å². The van der Waals surface area contributed by atoms with Crippen molar-refractivity contribution < 1.29 is 19.1 Å². The van der Waals surface area contributed by atoms with Crippen LogP contribution in [0.4, 0.5) is 5.69 Å². The summed E-state index contributed by atoms with van der Waals surface area (Å²) in [4.78, 5) is 25.2. The van der Waals surface area contributed by atoms with Crippen LogP contribution in [0.5, 0.6) is 0 Å². The van der Waals surface area contributed by atoms with Crippen molar-refractivity contribution in [3.63, 3.8) is 0 Å². The maximum atomic E-state index is 12.4. The Morgan fingerprint density at radius 3 is 2.55 bits per heavy atom. The number of anilines is 1. The normalized spacial score (nSPS) is 10.3. The Kier molecular flexibility index (Phi) is 6.05. The summed E-state index contributed by atoms with van der Waals surface area (Å²) in [6.07, 6.45) is 1.81. The minimum atomic E-state index is -0.355. The van der Waals surface area contributed by atoms with Gasteiger partial charge in [-0.25, -0.2) is 0 Å². The monoisotopic (exact) mass is 283 g/mol. The summed E-state index contributed by atoms with van der Waals surface area (Å²) in [5.41, 5.74) is 6.67. The van der Waals surface area contributed by atoms with E-state index in [4.69, 9.17) is 10.5 Å². The van der Waals surface area contributed by atoms with Gasteiger partial charge in [-0.1, -0.05) is 0 Å². The maximum Gasteiger partial charge on any atom is 0.307 e. The van der Waals surface area contributed by atoms with E-state index in [2.05, 4.69) is 4.74 Å². The summed E-state index contributed by atoms with van der Waals surface area (Å²) < 4.78 is 11.2. The second kappa shape index (κ2) is 7.54. The molecule has 112 valence electrons. The Hall–Kier alpha value is -2.02. The van der Waals surface area contributed by atoms with E-state index in [1.165, 1.54) is 7.11 Å². The van der Waals surface area contributed by atoms with Gasteiger partial charge >= 0.3 is 5.97 Å². The molecule has 0 radical (unpaired) electrons. The highest BCUT2D eigenvalue weighted by atomic mass is 16.5. The zero-order chi connectivity index (χ0) is 15.1. The molecular formula is C13H21N3O4. The van der Waals surface area contributed by atoms with Gasteiger partial charge in [-0.15, -0.1) is 0 Å². The van der Waals surface area contributed by atoms with Crippen molar-refractivity contribution in [2.24, 2.45) is 7.05 Å². The lowest BCUT2D eigenvalue weighted by molar-refractivity contribution is -0.140. The summed E-state index contributed by atoms with van der Waals surface area (Å²) in [6.45, 7) is 1.07. The fourth-order valence-electron chi connectivity index (χ4n) is 1.81. The second-order valence-corrected chi connectivity index (χ2v) is 4.38. The number of aryl methyl sites for hydroxylation is 1. The molecule has 20 heavy (non-hydrogen) atoms. The van der Waals surface area contributed by atoms with Crippen LogP contribution in [-0.4, -0.2) is 55.3 Å². The van der Waals surface area contributed by atoms with Gasteiger partial charge in [0.25, 0.3) is 5.91 Å². The van der Waals surface area contributed by atoms with E-state index in [9.17, 15) is 9.59 Å². The smallest absolute Gasteiger partial charge is 0.307 e. The largest absolute Gasteiger partial charge is 0.469 e. The van der Waals surface area contributed by atoms with Crippen LogP contribution in [0.25, 0.3) is 0 Å². The van der Waals surface area contributed by atoms with Crippen molar-refractivity contribution in [3.05, 3.63) is 18.0 Å². The van der Waals surface area contributed by atoms with Crippen molar-refractivity contribution in [3.8, 4) is 0 Å². The van der Waals surface area contributed by atoms with Gasteiger partial charge in [-0.3, -0.25) is 9.59 Å². The number of nitrogens with two attached hydrogens (primary N) is 1. The first-order chi connectivity index (χ1) is 9.49. The first-order valence-electron chi connectivity index (χ1n) is 6.26. The molecule has 7 nitrogen and oxygen atoms in total. The van der Waals surface area contributed by atoms with Gasteiger partial charge in [-0.05, 0) is 6.07 Å². The average Bonchev–Trinajstić information content (AvgIpc) is 2.76. The van der Waals surface area contributed by atoms with Gasteiger partial charge in [0, 0.05) is 33.4 Å². The van der Waals surface area contributed by atoms with Crippen LogP contribution in [-0.2, 0) is 21.3 Å². The number of carbonyl (C=O) groups excluding carboxylic acids is 2. The van der Waals surface area contributed by atoms with E-state index in [-0.39, 0.29) is 24.8 Å². The molecular weight excluding hydrogens is 262 g/mol. The fraction of sp³-hybridized carbons (Fsp3) is 0.538. The van der Waals surface area contributed by atoms with Gasteiger partial charge in [0.2, 0.25) is 0 Å². The second-order valence-electron chi connectivity index (χ2n) is 4.38. The Balaban J connectivity index is 2.78. The van der Waals surface area contributed by atoms with Crippen molar-refractivity contribution in [1.82, 2.24) is 9.47 Å². The first-order valence-corrected chi connectivity index (χ1v) is 6.26. The number of carbonyl (C=O) groups is 2. The molecule has 2 N–H and O–H groups in total. The van der Waals surface area contributed by atoms with Crippen LogP contribution in [0.1, 0.15) is 16.9 Å². The van der Waals surface area contributed by atoms with Crippen LogP contribution < -0.4 is 5.73 Å². The van der Waals surface area contributed by atoms with Crippen molar-refractivity contribution in [2.45, 2.75) is 6.42 Å². The molecule has 0 bridgehead atoms. The summed E-state index contributed by atoms with van der Waals surface area (Å²) in [7, 11) is 4.63. The SMILES string of the molecule is COCCN(CCC(=O)OC)C(=O)c1cc(N)cn1C. The number of esters is 1. The highest BCUT2D eigenvalue weighted by molar-refractivity contribution is 5.94. The van der Waals surface area contributed by atoms with Crippen LogP contribution in [0.2, 0.25) is 0 Å². The third kappa shape index (κ3) is 4.27. The van der Waals surface area contributed by atoms with E-state index in [1.54, 1.807) is 35.9 Å². The van der Waals surface area contributed by atoms with Crippen LogP contribution >= 0.6 is 0 Å². The molecule has 1 rings (SSSR count). The minimum absolute atomic E-state index is 0.145. The molecule has 0 atom stereocenters. The zero-order valence-corrected chi connectivity index (χ0v) is 12.1. The third-order valence-electron chi connectivity index (χ3n) is 2.91. The molecule has 0 aliphatic heterocycles. The predicted octanol–water partition coefficient (Wildman–Crippen LogP) is 0.259. The molecule has 1 heterocycles. The fourth-order valence-corrected chi connectivity index (χ4v) is 1.81. The lowest BCUT2D eigenvalue weighted by Gasteiger charge is -2.22. The van der Waals surface area contributed by atoms with Crippen LogP contribution in [0.15, 0.2) is 12.3 Å². The van der Waals surface area contributed by atoms with Crippen molar-refractivity contribution >= 4 is 17.6 Å². The Labute approximate surface area is 118 Å². The topological polar surface area (TPSA) is 86.8 Å². The Morgan fingerprint density at radius 2 is 2.05 bits per heavy atom. The molecule has 0 aliphatic rings. The molecule has 0 saturated carbocycles. The number of hydrogen-bond acceptors (Lipinski definition) is 5. The number of nitrogens with zero attached hydrogens (tertiary/aromatic N) is 2. The molecule has 0 fully saturated rings. The molecule has 0 saturated heterocycles. The summed E-state index contributed by atoms with van der Waals surface area (Å²) in [6, 6.07) is 1.61. The van der Waals surface area contributed by atoms with Gasteiger partial charge in [0.15, 0.2) is 0 Å². The van der Waals surface area contributed by atoms with E-state index in [1.807, 2.05) is 0 Å². The van der Waals surface area contributed by atoms with E-state index in [0.29, 0.717) is 24.5 Å². The number of methoxy groups -OCH3 is 2. The highest BCUT2D eigenvalue weighted by Crippen LogP contribution is 2.12. The van der Waals surface area contributed by atoms with Gasteiger partial charge in [0.1, 0.15) is 5.69 Å². The van der Waals surface area contributed by atoms with Crippen molar-refractivity contribution in [1.29, 1.82) is 0 Å². The highest BCUT2D eigenvalue weighted by Gasteiger charge is 2.19. The maximum absolute atomic E-state index is 12.4. The van der Waals surface area contributed by atoms with Gasteiger partial charge < -0.3 is 24.7 Å². The molecule has 0 spiro atoms. The number of amides is 1. The lowest BCUT2D eigenvalue weighted by atomic mass is 10.3. The lowest BCUT2D eigenvalue weighted by Crippen LogP contribution is -2.36. The number of aromatic nitrogens is 1. The predicted molar refractivity (Wildman–Crippen MR) is 74.2 cm³/mol. The minimum Gasteiger partial charge on any atom is -0.469 e. The number of ether oxygens (including phenoxy) is 2. The summed E-state index contributed by atoms with van der Waals surface area (Å²) in [5.74, 6) is -0.545. The molecule has 1 aromatic rings. The van der Waals surface area contributed by atoms with Crippen molar-refractivity contribution in [2.75, 3.05) is 39.6 Å². The van der Waals surface area contributed by atoms with Crippen LogP contribution in [0.3, 0.4) is 0 Å². The average molecular weight is 283 g/mol. The Morgan fingerprint density at radius 1 is 1.35 bits per heavy atom. The van der Waals surface area contributed by atoms with Gasteiger partial charge in [0.05, 0.1) is 25.8 Å². The quantitative estimate of drug-likeness (QED) is 0.725. The van der Waals surface area contributed by atoms with E-state index < -0.39 is 0 Å². The zero-order valence-electron chi connectivity index (χ0n) is 12.1. The van der Waals surface area contributed by atoms with Crippen LogP contribution in [0, 0.1) is 0 Å². The summed E-state index contributed by atoms with van der Waals surface area (Å²) >= 11 is 0. The van der Waals surface area contributed by atoms with Gasteiger partial charge in [-0.2, -0.15) is 0 Å². The third-order valence-corrected chi connectivity index (χ3v) is 2.91. The number of rotatable bonds is 7. The first kappa shape index (κ1) is 16.0.